The van der Waals surface area contributed by atoms with Crippen LogP contribution in [-0.4, -0.2) is 22.7 Å². The van der Waals surface area contributed by atoms with E-state index < -0.39 is 0 Å². The highest BCUT2D eigenvalue weighted by atomic mass is 35.5. The summed E-state index contributed by atoms with van der Waals surface area (Å²) < 4.78 is 5.60. The summed E-state index contributed by atoms with van der Waals surface area (Å²) in [6.07, 6.45) is 0.633. The van der Waals surface area contributed by atoms with E-state index in [4.69, 9.17) is 16.3 Å². The third-order valence-corrected chi connectivity index (χ3v) is 5.68. The van der Waals surface area contributed by atoms with Gasteiger partial charge >= 0.3 is 0 Å². The first-order valence-electron chi connectivity index (χ1n) is 9.72. The number of aromatic nitrogens is 2. The first-order valence-corrected chi connectivity index (χ1v) is 10.9. The molecular weight excluding hydrogens is 430 g/mol. The number of anilines is 1. The summed E-state index contributed by atoms with van der Waals surface area (Å²) in [5.41, 5.74) is 4.54. The van der Waals surface area contributed by atoms with Gasteiger partial charge in [-0.2, -0.15) is 0 Å². The largest absolute Gasteiger partial charge is 0.484 e. The van der Waals surface area contributed by atoms with Gasteiger partial charge in [0.05, 0.1) is 0 Å². The van der Waals surface area contributed by atoms with E-state index in [1.807, 2.05) is 48.5 Å². The van der Waals surface area contributed by atoms with Gasteiger partial charge < -0.3 is 4.74 Å². The van der Waals surface area contributed by atoms with Gasteiger partial charge in [-0.05, 0) is 47.9 Å². The summed E-state index contributed by atoms with van der Waals surface area (Å²) in [4.78, 5) is 12.2. The number of hydrogen-bond donors (Lipinski definition) is 1. The Hall–Kier alpha value is -3.22. The van der Waals surface area contributed by atoms with Crippen LogP contribution in [0.2, 0.25) is 5.02 Å². The predicted molar refractivity (Wildman–Crippen MR) is 125 cm³/mol. The van der Waals surface area contributed by atoms with Crippen LogP contribution in [-0.2, 0) is 11.2 Å². The number of hydrogen-bond acceptors (Lipinski definition) is 5. The van der Waals surface area contributed by atoms with Crippen molar-refractivity contribution in [2.24, 2.45) is 0 Å². The van der Waals surface area contributed by atoms with Gasteiger partial charge in [0.1, 0.15) is 10.8 Å². The molecule has 0 fully saturated rings. The predicted octanol–water partition coefficient (Wildman–Crippen LogP) is 5.78. The van der Waals surface area contributed by atoms with Crippen LogP contribution in [0.5, 0.6) is 5.75 Å². The fourth-order valence-corrected chi connectivity index (χ4v) is 3.86. The number of benzene rings is 3. The third kappa shape index (κ3) is 5.90. The van der Waals surface area contributed by atoms with Crippen LogP contribution in [0.25, 0.3) is 11.1 Å². The van der Waals surface area contributed by atoms with Crippen LogP contribution in [0.1, 0.15) is 16.1 Å². The lowest BCUT2D eigenvalue weighted by Gasteiger charge is -2.07. The summed E-state index contributed by atoms with van der Waals surface area (Å²) in [5, 5.41) is 12.8. The van der Waals surface area contributed by atoms with Gasteiger partial charge in [0.15, 0.2) is 6.61 Å². The standard InChI is InChI=1S/C24H20ClN3O2S/c1-16-2-6-18(7-3-16)19-8-12-21(13-9-19)30-15-22(29)26-24-28-27-23(31-24)14-17-4-10-20(25)11-5-17/h2-13H,14-15H2,1H3,(H,26,28,29). The molecule has 1 N–H and O–H groups in total. The van der Waals surface area contributed by atoms with Crippen molar-refractivity contribution in [1.29, 1.82) is 0 Å². The van der Waals surface area contributed by atoms with Gasteiger partial charge in [-0.15, -0.1) is 10.2 Å². The molecule has 0 aliphatic heterocycles. The van der Waals surface area contributed by atoms with Crippen LogP contribution < -0.4 is 10.1 Å². The van der Waals surface area contributed by atoms with E-state index in [9.17, 15) is 4.79 Å². The van der Waals surface area contributed by atoms with Crippen molar-refractivity contribution >= 4 is 34.0 Å². The maximum atomic E-state index is 12.2. The zero-order valence-corrected chi connectivity index (χ0v) is 18.4. The SMILES string of the molecule is Cc1ccc(-c2ccc(OCC(=O)Nc3nnc(Cc4ccc(Cl)cc4)s3)cc2)cc1. The lowest BCUT2D eigenvalue weighted by atomic mass is 10.0. The van der Waals surface area contributed by atoms with Crippen molar-refractivity contribution in [2.75, 3.05) is 11.9 Å². The molecule has 0 saturated carbocycles. The first-order chi connectivity index (χ1) is 15.0. The molecule has 4 aromatic rings. The van der Waals surface area contributed by atoms with Crippen LogP contribution >= 0.6 is 22.9 Å². The third-order valence-electron chi connectivity index (χ3n) is 4.59. The van der Waals surface area contributed by atoms with Crippen molar-refractivity contribution in [3.8, 4) is 16.9 Å². The van der Waals surface area contributed by atoms with Crippen molar-refractivity contribution in [3.63, 3.8) is 0 Å². The summed E-state index contributed by atoms with van der Waals surface area (Å²) in [7, 11) is 0. The number of amides is 1. The first kappa shape index (κ1) is 21.0. The smallest absolute Gasteiger partial charge is 0.264 e. The van der Waals surface area contributed by atoms with E-state index in [1.165, 1.54) is 16.9 Å². The highest BCUT2D eigenvalue weighted by molar-refractivity contribution is 7.15. The number of nitrogens with zero attached hydrogens (tertiary/aromatic N) is 2. The monoisotopic (exact) mass is 449 g/mol. The molecule has 0 unspecified atom stereocenters. The molecule has 0 radical (unpaired) electrons. The molecule has 0 aliphatic carbocycles. The van der Waals surface area contributed by atoms with Gasteiger partial charge in [-0.1, -0.05) is 77.0 Å². The molecule has 4 rings (SSSR count). The summed E-state index contributed by atoms with van der Waals surface area (Å²) in [6.45, 7) is 1.96. The number of aryl methyl sites for hydroxylation is 1. The van der Waals surface area contributed by atoms with Gasteiger partial charge in [-0.3, -0.25) is 10.1 Å². The molecule has 5 nitrogen and oxygen atoms in total. The van der Waals surface area contributed by atoms with Crippen LogP contribution in [0, 0.1) is 6.92 Å². The van der Waals surface area contributed by atoms with Crippen LogP contribution in [0.4, 0.5) is 5.13 Å². The molecule has 0 atom stereocenters. The molecule has 1 heterocycles. The Morgan fingerprint density at radius 3 is 2.26 bits per heavy atom. The molecule has 0 spiro atoms. The van der Waals surface area contributed by atoms with E-state index in [0.717, 1.165) is 21.7 Å². The maximum Gasteiger partial charge on any atom is 0.264 e. The molecule has 0 bridgehead atoms. The molecule has 0 aliphatic rings. The number of rotatable bonds is 7. The summed E-state index contributed by atoms with van der Waals surface area (Å²) in [5.74, 6) is 0.350. The van der Waals surface area contributed by atoms with Crippen molar-refractivity contribution in [2.45, 2.75) is 13.3 Å². The Kier molecular flexibility index (Phi) is 6.60. The van der Waals surface area contributed by atoms with E-state index in [-0.39, 0.29) is 12.5 Å². The molecule has 31 heavy (non-hydrogen) atoms. The number of nitrogens with one attached hydrogen (secondary N) is 1. The summed E-state index contributed by atoms with van der Waals surface area (Å²) in [6, 6.07) is 23.6. The molecular formula is C24H20ClN3O2S. The second kappa shape index (κ2) is 9.73. The minimum Gasteiger partial charge on any atom is -0.484 e. The van der Waals surface area contributed by atoms with E-state index in [0.29, 0.717) is 22.3 Å². The van der Waals surface area contributed by atoms with Gasteiger partial charge in [-0.25, -0.2) is 0 Å². The fraction of sp³-hybridized carbons (Fsp3) is 0.125. The maximum absolute atomic E-state index is 12.2. The number of ether oxygens (including phenoxy) is 1. The topological polar surface area (TPSA) is 64.1 Å². The number of carbonyl (C=O) groups is 1. The summed E-state index contributed by atoms with van der Waals surface area (Å²) >= 11 is 7.25. The molecule has 1 amide bonds. The number of halogens is 1. The fourth-order valence-electron chi connectivity index (χ4n) is 2.95. The lowest BCUT2D eigenvalue weighted by Crippen LogP contribution is -2.20. The Morgan fingerprint density at radius 1 is 0.935 bits per heavy atom. The molecule has 156 valence electrons. The Balaban J connectivity index is 1.28. The number of carbonyl (C=O) groups excluding carboxylic acids is 1. The Bertz CT molecular complexity index is 1160. The molecule has 7 heteroatoms. The van der Waals surface area contributed by atoms with Gasteiger partial charge in [0, 0.05) is 11.4 Å². The molecule has 3 aromatic carbocycles. The van der Waals surface area contributed by atoms with Crippen LogP contribution in [0.15, 0.2) is 72.8 Å². The van der Waals surface area contributed by atoms with Crippen molar-refractivity contribution in [3.05, 3.63) is 94.0 Å². The minimum absolute atomic E-state index is 0.101. The van der Waals surface area contributed by atoms with E-state index >= 15 is 0 Å². The second-order valence-electron chi connectivity index (χ2n) is 7.03. The van der Waals surface area contributed by atoms with Gasteiger partial charge in [0.25, 0.3) is 5.91 Å². The normalized spacial score (nSPS) is 10.6. The Morgan fingerprint density at radius 2 is 1.58 bits per heavy atom. The quantitative estimate of drug-likeness (QED) is 0.388. The average Bonchev–Trinajstić information content (AvgIpc) is 3.21. The highest BCUT2D eigenvalue weighted by Crippen LogP contribution is 2.23. The molecule has 1 aromatic heterocycles. The van der Waals surface area contributed by atoms with E-state index in [1.54, 1.807) is 0 Å². The lowest BCUT2D eigenvalue weighted by molar-refractivity contribution is -0.118. The minimum atomic E-state index is -0.281. The van der Waals surface area contributed by atoms with Crippen molar-refractivity contribution < 1.29 is 9.53 Å². The van der Waals surface area contributed by atoms with Gasteiger partial charge in [0.2, 0.25) is 5.13 Å². The highest BCUT2D eigenvalue weighted by Gasteiger charge is 2.10. The zero-order valence-electron chi connectivity index (χ0n) is 16.8. The second-order valence-corrected chi connectivity index (χ2v) is 8.53. The molecule has 0 saturated heterocycles. The average molecular weight is 450 g/mol. The van der Waals surface area contributed by atoms with E-state index in [2.05, 4.69) is 46.7 Å². The zero-order chi connectivity index (χ0) is 21.6. The Labute approximate surface area is 189 Å². The van der Waals surface area contributed by atoms with Crippen molar-refractivity contribution in [1.82, 2.24) is 10.2 Å². The van der Waals surface area contributed by atoms with Crippen LogP contribution in [0.3, 0.4) is 0 Å².